The van der Waals surface area contributed by atoms with E-state index in [-0.39, 0.29) is 12.5 Å². The number of hydrogen-bond acceptors (Lipinski definition) is 1. The summed E-state index contributed by atoms with van der Waals surface area (Å²) in [5.74, 6) is 0.203. The average molecular weight is 263 g/mol. The highest BCUT2D eigenvalue weighted by Crippen LogP contribution is 2.39. The first-order chi connectivity index (χ1) is 8.50. The molecule has 2 unspecified atom stereocenters. The van der Waals surface area contributed by atoms with Gasteiger partial charge in [0.2, 0.25) is 0 Å². The van der Waals surface area contributed by atoms with Crippen LogP contribution in [0.2, 0.25) is 0 Å². The van der Waals surface area contributed by atoms with E-state index in [4.69, 9.17) is 0 Å². The highest BCUT2D eigenvalue weighted by molar-refractivity contribution is 4.88. The number of piperidine rings is 1. The van der Waals surface area contributed by atoms with E-state index in [1.807, 2.05) is 0 Å². The second kappa shape index (κ2) is 5.81. The van der Waals surface area contributed by atoms with E-state index in [1.165, 1.54) is 19.3 Å². The zero-order valence-corrected chi connectivity index (χ0v) is 11.1. The third-order valence-electron chi connectivity index (χ3n) is 4.94. The van der Waals surface area contributed by atoms with Crippen LogP contribution < -0.4 is 5.32 Å². The van der Waals surface area contributed by atoms with Crippen LogP contribution in [0.3, 0.4) is 0 Å². The first-order valence-corrected chi connectivity index (χ1v) is 7.30. The van der Waals surface area contributed by atoms with Crippen LogP contribution in [0.4, 0.5) is 13.2 Å². The van der Waals surface area contributed by atoms with E-state index in [0.29, 0.717) is 18.9 Å². The van der Waals surface area contributed by atoms with Crippen LogP contribution >= 0.6 is 0 Å². The molecule has 1 aliphatic heterocycles. The second-order valence-electron chi connectivity index (χ2n) is 6.01. The minimum absolute atomic E-state index is 0.100. The number of nitrogens with one attached hydrogen (secondary N) is 1. The summed E-state index contributed by atoms with van der Waals surface area (Å²) in [6, 6.07) is 0.100. The summed E-state index contributed by atoms with van der Waals surface area (Å²) in [5.41, 5.74) is 0. The third-order valence-corrected chi connectivity index (χ3v) is 4.94. The van der Waals surface area contributed by atoms with E-state index in [0.717, 1.165) is 18.8 Å². The average Bonchev–Trinajstić information content (AvgIpc) is 2.38. The molecule has 106 valence electrons. The Kier molecular flexibility index (Phi) is 4.57. The molecule has 1 N–H and O–H groups in total. The largest absolute Gasteiger partial charge is 0.391 e. The summed E-state index contributed by atoms with van der Waals surface area (Å²) in [6.45, 7) is 2.74. The molecule has 1 saturated carbocycles. The smallest absolute Gasteiger partial charge is 0.314 e. The van der Waals surface area contributed by atoms with Crippen molar-refractivity contribution in [2.24, 2.45) is 17.8 Å². The van der Waals surface area contributed by atoms with Gasteiger partial charge in [-0.1, -0.05) is 26.2 Å². The van der Waals surface area contributed by atoms with Crippen LogP contribution in [0.15, 0.2) is 0 Å². The Bertz CT molecular complexity index is 256. The van der Waals surface area contributed by atoms with Crippen molar-refractivity contribution < 1.29 is 13.2 Å². The van der Waals surface area contributed by atoms with Crippen LogP contribution in [0.25, 0.3) is 0 Å². The Balaban J connectivity index is 1.86. The molecule has 2 aliphatic rings. The molecular weight excluding hydrogens is 239 g/mol. The molecule has 2 atom stereocenters. The summed E-state index contributed by atoms with van der Waals surface area (Å²) < 4.78 is 38.3. The Morgan fingerprint density at radius 3 is 2.28 bits per heavy atom. The Hall–Kier alpha value is -0.250. The van der Waals surface area contributed by atoms with Crippen molar-refractivity contribution in [3.63, 3.8) is 0 Å². The lowest BCUT2D eigenvalue weighted by atomic mass is 9.74. The van der Waals surface area contributed by atoms with Gasteiger partial charge in [0, 0.05) is 6.04 Å². The van der Waals surface area contributed by atoms with Crippen molar-refractivity contribution in [2.45, 2.75) is 64.1 Å². The summed E-state index contributed by atoms with van der Waals surface area (Å²) in [4.78, 5) is 0. The fraction of sp³-hybridized carbons (Fsp3) is 1.00. The number of halogens is 3. The van der Waals surface area contributed by atoms with Crippen LogP contribution in [0.1, 0.15) is 51.9 Å². The summed E-state index contributed by atoms with van der Waals surface area (Å²) in [5, 5.41) is 3.32. The Labute approximate surface area is 108 Å². The molecule has 4 heteroatoms. The summed E-state index contributed by atoms with van der Waals surface area (Å²) in [7, 11) is 0. The fourth-order valence-corrected chi connectivity index (χ4v) is 3.61. The standard InChI is InChI=1S/C14H24F3N/c1-2-10-3-5-11(6-4-10)13-9-12(7-8-18-13)14(15,16)17/h10-13,18H,2-9H2,1H3. The normalized spacial score (nSPS) is 38.7. The van der Waals surface area contributed by atoms with Crippen molar-refractivity contribution in [3.8, 4) is 0 Å². The fourth-order valence-electron chi connectivity index (χ4n) is 3.61. The molecule has 0 amide bonds. The van der Waals surface area contributed by atoms with Gasteiger partial charge in [-0.05, 0) is 44.1 Å². The quantitative estimate of drug-likeness (QED) is 0.789. The minimum atomic E-state index is -4.00. The molecule has 0 aromatic heterocycles. The van der Waals surface area contributed by atoms with Crippen molar-refractivity contribution in [1.82, 2.24) is 5.32 Å². The maximum atomic E-state index is 12.8. The van der Waals surface area contributed by atoms with Gasteiger partial charge in [-0.15, -0.1) is 0 Å². The molecule has 0 bridgehead atoms. The molecule has 0 radical (unpaired) electrons. The molecule has 0 spiro atoms. The Morgan fingerprint density at radius 1 is 1.06 bits per heavy atom. The highest BCUT2D eigenvalue weighted by atomic mass is 19.4. The molecule has 2 rings (SSSR count). The lowest BCUT2D eigenvalue weighted by Crippen LogP contribution is -2.47. The molecule has 1 saturated heterocycles. The van der Waals surface area contributed by atoms with Gasteiger partial charge in [0.15, 0.2) is 0 Å². The van der Waals surface area contributed by atoms with Crippen molar-refractivity contribution in [2.75, 3.05) is 6.54 Å². The monoisotopic (exact) mass is 263 g/mol. The summed E-state index contributed by atoms with van der Waals surface area (Å²) in [6.07, 6.45) is 2.40. The zero-order valence-electron chi connectivity index (χ0n) is 11.1. The van der Waals surface area contributed by atoms with Gasteiger partial charge in [0.05, 0.1) is 5.92 Å². The predicted molar refractivity (Wildman–Crippen MR) is 66.3 cm³/mol. The van der Waals surface area contributed by atoms with E-state index < -0.39 is 12.1 Å². The van der Waals surface area contributed by atoms with Crippen LogP contribution in [0, 0.1) is 17.8 Å². The molecule has 18 heavy (non-hydrogen) atoms. The molecular formula is C14H24F3N. The van der Waals surface area contributed by atoms with Crippen molar-refractivity contribution >= 4 is 0 Å². The SMILES string of the molecule is CCC1CCC(C2CC(C(F)(F)F)CCN2)CC1. The van der Waals surface area contributed by atoms with Crippen LogP contribution in [-0.4, -0.2) is 18.8 Å². The van der Waals surface area contributed by atoms with E-state index in [1.54, 1.807) is 0 Å². The maximum Gasteiger partial charge on any atom is 0.391 e. The van der Waals surface area contributed by atoms with Gasteiger partial charge in [-0.3, -0.25) is 0 Å². The predicted octanol–water partition coefficient (Wildman–Crippen LogP) is 4.13. The molecule has 1 aliphatic carbocycles. The lowest BCUT2D eigenvalue weighted by Gasteiger charge is -2.39. The first kappa shape index (κ1) is 14.2. The van der Waals surface area contributed by atoms with Crippen molar-refractivity contribution in [1.29, 1.82) is 0 Å². The molecule has 1 heterocycles. The highest BCUT2D eigenvalue weighted by Gasteiger charge is 2.43. The van der Waals surface area contributed by atoms with Gasteiger partial charge < -0.3 is 5.32 Å². The molecule has 1 nitrogen and oxygen atoms in total. The van der Waals surface area contributed by atoms with E-state index in [2.05, 4.69) is 12.2 Å². The van der Waals surface area contributed by atoms with Crippen molar-refractivity contribution in [3.05, 3.63) is 0 Å². The van der Waals surface area contributed by atoms with Crippen LogP contribution in [0.5, 0.6) is 0 Å². The maximum absolute atomic E-state index is 12.8. The zero-order chi connectivity index (χ0) is 13.2. The number of alkyl halides is 3. The minimum Gasteiger partial charge on any atom is -0.314 e. The van der Waals surface area contributed by atoms with E-state index in [9.17, 15) is 13.2 Å². The molecule has 0 aromatic rings. The second-order valence-corrected chi connectivity index (χ2v) is 6.01. The summed E-state index contributed by atoms with van der Waals surface area (Å²) >= 11 is 0. The topological polar surface area (TPSA) is 12.0 Å². The number of rotatable bonds is 2. The Morgan fingerprint density at radius 2 is 1.72 bits per heavy atom. The third kappa shape index (κ3) is 3.40. The molecule has 0 aromatic carbocycles. The number of hydrogen-bond donors (Lipinski definition) is 1. The van der Waals surface area contributed by atoms with Gasteiger partial charge in [-0.2, -0.15) is 13.2 Å². The van der Waals surface area contributed by atoms with Gasteiger partial charge in [0.25, 0.3) is 0 Å². The van der Waals surface area contributed by atoms with Gasteiger partial charge in [0.1, 0.15) is 0 Å². The van der Waals surface area contributed by atoms with Gasteiger partial charge >= 0.3 is 6.18 Å². The van der Waals surface area contributed by atoms with Gasteiger partial charge in [-0.25, -0.2) is 0 Å². The molecule has 2 fully saturated rings. The van der Waals surface area contributed by atoms with Crippen LogP contribution in [-0.2, 0) is 0 Å². The van der Waals surface area contributed by atoms with E-state index >= 15 is 0 Å². The lowest BCUT2D eigenvalue weighted by molar-refractivity contribution is -0.184. The first-order valence-electron chi connectivity index (χ1n) is 7.30.